The van der Waals surface area contributed by atoms with E-state index in [1.807, 2.05) is 0 Å². The number of primary amides is 1. The zero-order chi connectivity index (χ0) is 14.7. The highest BCUT2D eigenvalue weighted by Crippen LogP contribution is 2.28. The smallest absolute Gasteiger partial charge is 0.258 e. The Hall–Kier alpha value is -1.75. The third-order valence-electron chi connectivity index (χ3n) is 3.54. The summed E-state index contributed by atoms with van der Waals surface area (Å²) in [6, 6.07) is 4.31. The topological polar surface area (TPSA) is 83.6 Å². The quantitative estimate of drug-likeness (QED) is 0.890. The Kier molecular flexibility index (Phi) is 4.49. The zero-order valence-electron chi connectivity index (χ0n) is 11.0. The number of rotatable bonds is 4. The summed E-state index contributed by atoms with van der Waals surface area (Å²) in [5, 5.41) is 10.2. The lowest BCUT2D eigenvalue weighted by Gasteiger charge is -2.28. The molecule has 2 amide bonds. The minimum atomic E-state index is -0.557. The van der Waals surface area contributed by atoms with Gasteiger partial charge < -0.3 is 15.7 Å². The van der Waals surface area contributed by atoms with Gasteiger partial charge in [-0.25, -0.2) is 0 Å². The predicted octanol–water partition coefficient (Wildman–Crippen LogP) is 1.92. The summed E-state index contributed by atoms with van der Waals surface area (Å²) in [5.74, 6) is -1.13. The molecule has 0 radical (unpaired) electrons. The summed E-state index contributed by atoms with van der Waals surface area (Å²) >= 11 is 5.75. The van der Waals surface area contributed by atoms with E-state index in [9.17, 15) is 14.7 Å². The molecule has 6 heteroatoms. The van der Waals surface area contributed by atoms with Crippen LogP contribution in [0.5, 0.6) is 5.75 Å². The molecule has 5 nitrogen and oxygen atoms in total. The van der Waals surface area contributed by atoms with Crippen LogP contribution in [0.2, 0.25) is 5.02 Å². The lowest BCUT2D eigenvalue weighted by Crippen LogP contribution is -2.44. The molecule has 0 heterocycles. The van der Waals surface area contributed by atoms with Gasteiger partial charge in [0.05, 0.1) is 12.1 Å². The average Bonchev–Trinajstić information content (AvgIpc) is 2.88. The molecule has 1 aromatic carbocycles. The summed E-state index contributed by atoms with van der Waals surface area (Å²) in [6.07, 6.45) is 3.76. The van der Waals surface area contributed by atoms with Crippen molar-refractivity contribution in [1.29, 1.82) is 0 Å². The number of carbonyl (C=O) groups excluding carboxylic acids is 2. The molecule has 0 aromatic heterocycles. The van der Waals surface area contributed by atoms with Crippen molar-refractivity contribution >= 4 is 23.4 Å². The van der Waals surface area contributed by atoms with Gasteiger partial charge in [-0.2, -0.15) is 0 Å². The van der Waals surface area contributed by atoms with Crippen LogP contribution in [-0.4, -0.2) is 34.4 Å². The van der Waals surface area contributed by atoms with E-state index in [4.69, 9.17) is 17.3 Å². The van der Waals surface area contributed by atoms with Crippen molar-refractivity contribution in [2.45, 2.75) is 31.7 Å². The summed E-state index contributed by atoms with van der Waals surface area (Å²) in [5.41, 5.74) is 5.36. The van der Waals surface area contributed by atoms with Crippen molar-refractivity contribution in [3.63, 3.8) is 0 Å². The van der Waals surface area contributed by atoms with Crippen LogP contribution in [0.15, 0.2) is 18.2 Å². The van der Waals surface area contributed by atoms with Crippen molar-refractivity contribution in [1.82, 2.24) is 4.90 Å². The Bertz CT molecular complexity index is 527. The van der Waals surface area contributed by atoms with Gasteiger partial charge in [-0.05, 0) is 31.0 Å². The number of nitrogens with zero attached hydrogens (tertiary/aromatic N) is 1. The van der Waals surface area contributed by atoms with Crippen LogP contribution in [0.25, 0.3) is 0 Å². The van der Waals surface area contributed by atoms with Crippen molar-refractivity contribution < 1.29 is 14.7 Å². The van der Waals surface area contributed by atoms with Crippen LogP contribution in [0.1, 0.15) is 36.0 Å². The number of halogens is 1. The number of hydrogen-bond acceptors (Lipinski definition) is 3. The minimum absolute atomic E-state index is 0.00470. The number of benzene rings is 1. The first-order valence-electron chi connectivity index (χ1n) is 6.57. The lowest BCUT2D eigenvalue weighted by molar-refractivity contribution is -0.119. The third kappa shape index (κ3) is 3.22. The third-order valence-corrected chi connectivity index (χ3v) is 3.78. The minimum Gasteiger partial charge on any atom is -0.507 e. The number of aromatic hydroxyl groups is 1. The van der Waals surface area contributed by atoms with E-state index in [0.717, 1.165) is 25.7 Å². The molecule has 0 bridgehead atoms. The van der Waals surface area contributed by atoms with Gasteiger partial charge in [0, 0.05) is 11.1 Å². The van der Waals surface area contributed by atoms with Crippen molar-refractivity contribution in [3.8, 4) is 5.75 Å². The summed E-state index contributed by atoms with van der Waals surface area (Å²) < 4.78 is 0. The van der Waals surface area contributed by atoms with E-state index in [1.165, 1.54) is 23.1 Å². The molecule has 0 unspecified atom stereocenters. The fourth-order valence-electron chi connectivity index (χ4n) is 2.59. The first-order chi connectivity index (χ1) is 9.49. The highest BCUT2D eigenvalue weighted by Gasteiger charge is 2.29. The van der Waals surface area contributed by atoms with E-state index < -0.39 is 5.91 Å². The molecule has 3 N–H and O–H groups in total. The Morgan fingerprint density at radius 1 is 1.35 bits per heavy atom. The van der Waals surface area contributed by atoms with Gasteiger partial charge in [-0.3, -0.25) is 9.59 Å². The van der Waals surface area contributed by atoms with Crippen LogP contribution >= 0.6 is 11.6 Å². The van der Waals surface area contributed by atoms with E-state index in [-0.39, 0.29) is 29.8 Å². The molecule has 1 saturated carbocycles. The standard InChI is InChI=1S/C14H17ClN2O3/c15-9-5-6-11(12(18)7-9)14(20)17(8-13(16)19)10-3-1-2-4-10/h5-7,10,18H,1-4,8H2,(H2,16,19). The van der Waals surface area contributed by atoms with Crippen LogP contribution in [0.4, 0.5) is 0 Å². The molecule has 0 aliphatic heterocycles. The molecule has 0 saturated heterocycles. The average molecular weight is 297 g/mol. The van der Waals surface area contributed by atoms with Crippen LogP contribution in [-0.2, 0) is 4.79 Å². The number of phenols is 1. The maximum absolute atomic E-state index is 12.5. The van der Waals surface area contributed by atoms with E-state index >= 15 is 0 Å². The second-order valence-corrected chi connectivity index (χ2v) is 5.44. The molecule has 0 atom stereocenters. The molecular weight excluding hydrogens is 280 g/mol. The zero-order valence-corrected chi connectivity index (χ0v) is 11.8. The molecular formula is C14H17ClN2O3. The van der Waals surface area contributed by atoms with Gasteiger partial charge in [0.2, 0.25) is 5.91 Å². The number of phenolic OH excluding ortho intramolecular Hbond substituents is 1. The molecule has 0 spiro atoms. The van der Waals surface area contributed by atoms with Crippen LogP contribution < -0.4 is 5.73 Å². The normalized spacial score (nSPS) is 15.2. The lowest BCUT2D eigenvalue weighted by atomic mass is 10.1. The first kappa shape index (κ1) is 14.7. The second kappa shape index (κ2) is 6.13. The van der Waals surface area contributed by atoms with E-state index in [0.29, 0.717) is 5.02 Å². The number of hydrogen-bond donors (Lipinski definition) is 2. The molecule has 1 aliphatic rings. The van der Waals surface area contributed by atoms with Crippen LogP contribution in [0, 0.1) is 0 Å². The van der Waals surface area contributed by atoms with Gasteiger partial charge in [-0.1, -0.05) is 24.4 Å². The van der Waals surface area contributed by atoms with E-state index in [1.54, 1.807) is 0 Å². The number of nitrogens with two attached hydrogens (primary N) is 1. The summed E-state index contributed by atoms with van der Waals surface area (Å²) in [7, 11) is 0. The Labute approximate surface area is 122 Å². The van der Waals surface area contributed by atoms with Crippen LogP contribution in [0.3, 0.4) is 0 Å². The first-order valence-corrected chi connectivity index (χ1v) is 6.94. The maximum atomic E-state index is 12.5. The Morgan fingerprint density at radius 3 is 2.55 bits per heavy atom. The Morgan fingerprint density at radius 2 is 2.00 bits per heavy atom. The maximum Gasteiger partial charge on any atom is 0.258 e. The van der Waals surface area contributed by atoms with Gasteiger partial charge in [-0.15, -0.1) is 0 Å². The van der Waals surface area contributed by atoms with Crippen molar-refractivity contribution in [2.24, 2.45) is 5.73 Å². The highest BCUT2D eigenvalue weighted by atomic mass is 35.5. The summed E-state index contributed by atoms with van der Waals surface area (Å²) in [4.78, 5) is 25.2. The van der Waals surface area contributed by atoms with E-state index in [2.05, 4.69) is 0 Å². The monoisotopic (exact) mass is 296 g/mol. The number of carbonyl (C=O) groups is 2. The molecule has 2 rings (SSSR count). The van der Waals surface area contributed by atoms with Crippen molar-refractivity contribution in [3.05, 3.63) is 28.8 Å². The second-order valence-electron chi connectivity index (χ2n) is 5.00. The van der Waals surface area contributed by atoms with Gasteiger partial charge in [0.1, 0.15) is 5.75 Å². The van der Waals surface area contributed by atoms with Gasteiger partial charge in [0.15, 0.2) is 0 Å². The molecule has 1 aromatic rings. The Balaban J connectivity index is 2.27. The SMILES string of the molecule is NC(=O)CN(C(=O)c1ccc(Cl)cc1O)C1CCCC1. The highest BCUT2D eigenvalue weighted by molar-refractivity contribution is 6.30. The largest absolute Gasteiger partial charge is 0.507 e. The molecule has 1 fully saturated rings. The molecule has 108 valence electrons. The molecule has 1 aliphatic carbocycles. The summed E-state index contributed by atoms with van der Waals surface area (Å²) in [6.45, 7) is -0.133. The fraction of sp³-hybridized carbons (Fsp3) is 0.429. The fourth-order valence-corrected chi connectivity index (χ4v) is 2.76. The number of amides is 2. The van der Waals surface area contributed by atoms with Gasteiger partial charge in [0.25, 0.3) is 5.91 Å². The predicted molar refractivity (Wildman–Crippen MR) is 75.6 cm³/mol. The molecule has 20 heavy (non-hydrogen) atoms. The van der Waals surface area contributed by atoms with Crippen molar-refractivity contribution in [2.75, 3.05) is 6.54 Å². The van der Waals surface area contributed by atoms with Gasteiger partial charge >= 0.3 is 0 Å².